The van der Waals surface area contributed by atoms with Crippen LogP contribution in [0.1, 0.15) is 50.4 Å². The number of hydrogen-bond acceptors (Lipinski definition) is 2. The predicted octanol–water partition coefficient (Wildman–Crippen LogP) is 4.99. The smallest absolute Gasteiger partial charge is 0.0701 e. The van der Waals surface area contributed by atoms with Gasteiger partial charge in [-0.2, -0.15) is 0 Å². The summed E-state index contributed by atoms with van der Waals surface area (Å²) in [5.74, 6) is 1.79. The summed E-state index contributed by atoms with van der Waals surface area (Å²) in [5, 5.41) is 3.70. The second kappa shape index (κ2) is 6.35. The van der Waals surface area contributed by atoms with Gasteiger partial charge in [0, 0.05) is 10.9 Å². The molecule has 3 unspecified atom stereocenters. The quantitative estimate of drug-likeness (QED) is 0.825. The molecule has 0 spiro atoms. The molecule has 3 heteroatoms. The van der Waals surface area contributed by atoms with Crippen LogP contribution in [0.15, 0.2) is 15.9 Å². The molecule has 1 heterocycles. The van der Waals surface area contributed by atoms with Crippen molar-refractivity contribution in [1.29, 1.82) is 0 Å². The molecule has 0 radical (unpaired) electrons. The molecule has 1 nitrogen and oxygen atoms in total. The van der Waals surface area contributed by atoms with E-state index in [1.54, 1.807) is 0 Å². The summed E-state index contributed by atoms with van der Waals surface area (Å²) in [6, 6.07) is 4.85. The summed E-state index contributed by atoms with van der Waals surface area (Å²) in [5.41, 5.74) is 0. The highest BCUT2D eigenvalue weighted by atomic mass is 79.9. The maximum absolute atomic E-state index is 3.70. The van der Waals surface area contributed by atoms with Crippen LogP contribution in [0.2, 0.25) is 0 Å². The topological polar surface area (TPSA) is 12.0 Å². The van der Waals surface area contributed by atoms with Crippen molar-refractivity contribution >= 4 is 27.3 Å². The molecule has 1 aromatic heterocycles. The van der Waals surface area contributed by atoms with Gasteiger partial charge in [-0.05, 0) is 59.8 Å². The number of hydrogen-bond donors (Lipinski definition) is 1. The molecule has 1 fully saturated rings. The standard InChI is InChI=1S/C14H22BrNS/c1-10-5-3-4-6-12(10)9-16-11(2)13-7-8-14(15)17-13/h7-8,10-12,16H,3-6,9H2,1-2H3. The second-order valence-corrected chi connectivity index (χ2v) is 7.79. The van der Waals surface area contributed by atoms with Gasteiger partial charge < -0.3 is 5.32 Å². The zero-order valence-electron chi connectivity index (χ0n) is 10.7. The molecule has 1 aliphatic rings. The van der Waals surface area contributed by atoms with Crippen molar-refractivity contribution < 1.29 is 0 Å². The van der Waals surface area contributed by atoms with Gasteiger partial charge in [-0.1, -0.05) is 26.2 Å². The molecule has 0 bridgehead atoms. The van der Waals surface area contributed by atoms with Crippen LogP contribution in [-0.4, -0.2) is 6.54 Å². The van der Waals surface area contributed by atoms with Gasteiger partial charge >= 0.3 is 0 Å². The summed E-state index contributed by atoms with van der Waals surface area (Å²) in [7, 11) is 0. The first-order valence-corrected chi connectivity index (χ1v) is 8.26. The van der Waals surface area contributed by atoms with Crippen LogP contribution in [0.5, 0.6) is 0 Å². The van der Waals surface area contributed by atoms with Crippen LogP contribution >= 0.6 is 27.3 Å². The molecule has 0 aliphatic heterocycles. The third-order valence-corrected chi connectivity index (χ3v) is 5.80. The van der Waals surface area contributed by atoms with Crippen molar-refractivity contribution in [3.05, 3.63) is 20.8 Å². The van der Waals surface area contributed by atoms with E-state index in [9.17, 15) is 0 Å². The SMILES string of the molecule is CC(NCC1CCCCC1C)c1ccc(Br)s1. The Morgan fingerprint density at radius 1 is 1.41 bits per heavy atom. The molecule has 1 saturated carbocycles. The highest BCUT2D eigenvalue weighted by Gasteiger charge is 2.21. The molecule has 17 heavy (non-hydrogen) atoms. The Labute approximate surface area is 117 Å². The van der Waals surface area contributed by atoms with Crippen LogP contribution in [0.4, 0.5) is 0 Å². The third kappa shape index (κ3) is 3.80. The highest BCUT2D eigenvalue weighted by Crippen LogP contribution is 2.31. The molecular formula is C14H22BrNS. The molecule has 3 atom stereocenters. The van der Waals surface area contributed by atoms with Crippen LogP contribution in [0.25, 0.3) is 0 Å². The van der Waals surface area contributed by atoms with Crippen molar-refractivity contribution in [2.75, 3.05) is 6.54 Å². The van der Waals surface area contributed by atoms with Crippen molar-refractivity contribution in [1.82, 2.24) is 5.32 Å². The minimum atomic E-state index is 0.487. The van der Waals surface area contributed by atoms with Gasteiger partial charge in [-0.15, -0.1) is 11.3 Å². The Hall–Kier alpha value is 0.140. The molecule has 2 rings (SSSR count). The van der Waals surface area contributed by atoms with Crippen LogP contribution in [-0.2, 0) is 0 Å². The minimum absolute atomic E-state index is 0.487. The van der Waals surface area contributed by atoms with Gasteiger partial charge in [-0.3, -0.25) is 0 Å². The van der Waals surface area contributed by atoms with Gasteiger partial charge in [0.2, 0.25) is 0 Å². The lowest BCUT2D eigenvalue weighted by Gasteiger charge is -2.30. The lowest BCUT2D eigenvalue weighted by Crippen LogP contribution is -2.30. The highest BCUT2D eigenvalue weighted by molar-refractivity contribution is 9.11. The summed E-state index contributed by atoms with van der Waals surface area (Å²) in [6.07, 6.45) is 5.70. The van der Waals surface area contributed by atoms with Crippen molar-refractivity contribution in [2.45, 2.75) is 45.6 Å². The number of nitrogens with one attached hydrogen (secondary N) is 1. The van der Waals surface area contributed by atoms with E-state index in [1.807, 2.05) is 11.3 Å². The van der Waals surface area contributed by atoms with E-state index in [0.717, 1.165) is 11.8 Å². The first kappa shape index (κ1) is 13.6. The van der Waals surface area contributed by atoms with E-state index in [4.69, 9.17) is 0 Å². The van der Waals surface area contributed by atoms with Crippen LogP contribution in [0, 0.1) is 11.8 Å². The maximum atomic E-state index is 3.70. The van der Waals surface area contributed by atoms with E-state index in [1.165, 1.54) is 40.9 Å². The normalized spacial score (nSPS) is 27.0. The summed E-state index contributed by atoms with van der Waals surface area (Å²) >= 11 is 5.37. The summed E-state index contributed by atoms with van der Waals surface area (Å²) in [4.78, 5) is 1.43. The average Bonchev–Trinajstić information content (AvgIpc) is 2.74. The van der Waals surface area contributed by atoms with E-state index < -0.39 is 0 Å². The molecule has 1 N–H and O–H groups in total. The fraction of sp³-hybridized carbons (Fsp3) is 0.714. The van der Waals surface area contributed by atoms with Crippen LogP contribution in [0.3, 0.4) is 0 Å². The minimum Gasteiger partial charge on any atom is -0.309 e. The molecule has 0 amide bonds. The molecule has 96 valence electrons. The van der Waals surface area contributed by atoms with E-state index in [0.29, 0.717) is 6.04 Å². The van der Waals surface area contributed by atoms with Gasteiger partial charge in [0.1, 0.15) is 0 Å². The zero-order valence-corrected chi connectivity index (χ0v) is 13.1. The number of thiophene rings is 1. The predicted molar refractivity (Wildman–Crippen MR) is 79.6 cm³/mol. The lowest BCUT2D eigenvalue weighted by atomic mass is 9.80. The van der Waals surface area contributed by atoms with Crippen molar-refractivity contribution in [3.8, 4) is 0 Å². The van der Waals surface area contributed by atoms with Gasteiger partial charge in [-0.25, -0.2) is 0 Å². The van der Waals surface area contributed by atoms with Gasteiger partial charge in [0.25, 0.3) is 0 Å². The molecule has 1 aliphatic carbocycles. The summed E-state index contributed by atoms with van der Waals surface area (Å²) in [6.45, 7) is 5.86. The molecule has 0 aromatic carbocycles. The molecular weight excluding hydrogens is 294 g/mol. The van der Waals surface area contributed by atoms with E-state index in [-0.39, 0.29) is 0 Å². The largest absolute Gasteiger partial charge is 0.309 e. The van der Waals surface area contributed by atoms with Crippen LogP contribution < -0.4 is 5.32 Å². The lowest BCUT2D eigenvalue weighted by molar-refractivity contribution is 0.243. The molecule has 1 aromatic rings. The fourth-order valence-corrected chi connectivity index (χ4v) is 4.14. The average molecular weight is 316 g/mol. The number of halogens is 1. The zero-order chi connectivity index (χ0) is 12.3. The fourth-order valence-electron chi connectivity index (χ4n) is 2.69. The third-order valence-electron chi connectivity index (χ3n) is 4.00. The molecule has 0 saturated heterocycles. The Morgan fingerprint density at radius 2 is 2.18 bits per heavy atom. The second-order valence-electron chi connectivity index (χ2n) is 5.29. The van der Waals surface area contributed by atoms with Gasteiger partial charge in [0.15, 0.2) is 0 Å². The summed E-state index contributed by atoms with van der Waals surface area (Å²) < 4.78 is 1.23. The van der Waals surface area contributed by atoms with E-state index >= 15 is 0 Å². The Kier molecular flexibility index (Phi) is 5.07. The first-order valence-electron chi connectivity index (χ1n) is 6.65. The van der Waals surface area contributed by atoms with Crippen molar-refractivity contribution in [3.63, 3.8) is 0 Å². The Bertz CT molecular complexity index is 350. The van der Waals surface area contributed by atoms with Crippen molar-refractivity contribution in [2.24, 2.45) is 11.8 Å². The maximum Gasteiger partial charge on any atom is 0.0701 e. The Morgan fingerprint density at radius 3 is 2.82 bits per heavy atom. The first-order chi connectivity index (χ1) is 8.16. The Balaban J connectivity index is 1.81. The monoisotopic (exact) mass is 315 g/mol. The van der Waals surface area contributed by atoms with E-state index in [2.05, 4.69) is 47.2 Å². The number of rotatable bonds is 4. The van der Waals surface area contributed by atoms with Gasteiger partial charge in [0.05, 0.1) is 3.79 Å².